The average Bonchev–Trinajstić information content (AvgIpc) is 3.46. The van der Waals surface area contributed by atoms with Crippen molar-refractivity contribution in [1.29, 1.82) is 0 Å². The number of rotatable bonds is 4. The summed E-state index contributed by atoms with van der Waals surface area (Å²) in [5.41, 5.74) is 1.83. The van der Waals surface area contributed by atoms with Gasteiger partial charge in [-0.25, -0.2) is 0 Å². The van der Waals surface area contributed by atoms with Gasteiger partial charge in [-0.15, -0.1) is 0 Å². The second-order valence-electron chi connectivity index (χ2n) is 6.36. The predicted molar refractivity (Wildman–Crippen MR) is 91.4 cm³/mol. The molecule has 124 valence electrons. The van der Waals surface area contributed by atoms with Gasteiger partial charge < -0.3 is 14.4 Å². The van der Waals surface area contributed by atoms with Crippen LogP contribution < -0.4 is 9.47 Å². The molecule has 0 atom stereocenters. The number of ether oxygens (including phenoxy) is 2. The number of fused-ring (bicyclic) bond motifs is 1. The van der Waals surface area contributed by atoms with E-state index in [4.69, 9.17) is 9.47 Å². The first-order valence-corrected chi connectivity index (χ1v) is 8.56. The maximum absolute atomic E-state index is 13.0. The van der Waals surface area contributed by atoms with E-state index in [1.54, 1.807) is 0 Å². The highest BCUT2D eigenvalue weighted by molar-refractivity contribution is 5.95. The summed E-state index contributed by atoms with van der Waals surface area (Å²) in [6, 6.07) is 16.0. The zero-order chi connectivity index (χ0) is 16.4. The van der Waals surface area contributed by atoms with Crippen molar-refractivity contribution >= 4 is 5.91 Å². The number of nitrogens with zero attached hydrogens (tertiary/aromatic N) is 1. The Balaban J connectivity index is 1.57. The van der Waals surface area contributed by atoms with E-state index < -0.39 is 0 Å². The third-order valence-electron chi connectivity index (χ3n) is 4.44. The quantitative estimate of drug-likeness (QED) is 0.862. The molecule has 1 aliphatic heterocycles. The molecule has 1 heterocycles. The summed E-state index contributed by atoms with van der Waals surface area (Å²) >= 11 is 0. The van der Waals surface area contributed by atoms with Gasteiger partial charge in [0.25, 0.3) is 5.91 Å². The Morgan fingerprint density at radius 1 is 1.00 bits per heavy atom. The monoisotopic (exact) mass is 323 g/mol. The molecule has 0 unspecified atom stereocenters. The van der Waals surface area contributed by atoms with Crippen LogP contribution in [0, 0.1) is 0 Å². The predicted octanol–water partition coefficient (Wildman–Crippen LogP) is 3.65. The van der Waals surface area contributed by atoms with Crippen LogP contribution in [0.15, 0.2) is 48.5 Å². The van der Waals surface area contributed by atoms with Gasteiger partial charge in [-0.1, -0.05) is 30.3 Å². The lowest BCUT2D eigenvalue weighted by atomic mass is 10.1. The fraction of sp³-hybridized carbons (Fsp3) is 0.350. The Bertz CT molecular complexity index is 725. The minimum absolute atomic E-state index is 0.0667. The Hall–Kier alpha value is -2.49. The summed E-state index contributed by atoms with van der Waals surface area (Å²) in [5.74, 6) is 1.47. The first-order valence-electron chi connectivity index (χ1n) is 8.56. The molecule has 2 aliphatic rings. The van der Waals surface area contributed by atoms with Gasteiger partial charge in [0, 0.05) is 24.6 Å². The molecule has 0 radical (unpaired) electrons. The van der Waals surface area contributed by atoms with Gasteiger partial charge in [0.2, 0.25) is 0 Å². The van der Waals surface area contributed by atoms with Crippen molar-refractivity contribution in [3.8, 4) is 11.5 Å². The van der Waals surface area contributed by atoms with Gasteiger partial charge in [0.15, 0.2) is 11.5 Å². The van der Waals surface area contributed by atoms with Crippen LogP contribution in [0.5, 0.6) is 11.5 Å². The van der Waals surface area contributed by atoms with E-state index in [-0.39, 0.29) is 5.91 Å². The number of hydrogen-bond acceptors (Lipinski definition) is 3. The van der Waals surface area contributed by atoms with E-state index in [1.807, 2.05) is 41.3 Å². The lowest BCUT2D eigenvalue weighted by Gasteiger charge is -2.23. The fourth-order valence-corrected chi connectivity index (χ4v) is 3.00. The number of carbonyl (C=O) groups excluding carboxylic acids is 1. The van der Waals surface area contributed by atoms with E-state index in [0.717, 1.165) is 30.6 Å². The molecular weight excluding hydrogens is 302 g/mol. The summed E-state index contributed by atoms with van der Waals surface area (Å²) in [7, 11) is 0. The van der Waals surface area contributed by atoms with Crippen molar-refractivity contribution in [3.05, 3.63) is 59.7 Å². The molecule has 2 aromatic carbocycles. The highest BCUT2D eigenvalue weighted by Gasteiger charge is 2.33. The molecule has 24 heavy (non-hydrogen) atoms. The third kappa shape index (κ3) is 3.23. The van der Waals surface area contributed by atoms with Gasteiger partial charge in [-0.3, -0.25) is 4.79 Å². The van der Waals surface area contributed by atoms with Gasteiger partial charge in [0.1, 0.15) is 0 Å². The fourth-order valence-electron chi connectivity index (χ4n) is 3.00. The van der Waals surface area contributed by atoms with Gasteiger partial charge in [0.05, 0.1) is 13.2 Å². The number of carbonyl (C=O) groups is 1. The standard InChI is InChI=1S/C20H21NO3/c22-20(16-7-10-18-19(13-16)24-12-4-11-23-18)21(17-8-9-17)14-15-5-2-1-3-6-15/h1-3,5-7,10,13,17H,4,8-9,11-12,14H2. The van der Waals surface area contributed by atoms with Crippen LogP contribution in [0.2, 0.25) is 0 Å². The lowest BCUT2D eigenvalue weighted by Crippen LogP contribution is -2.32. The van der Waals surface area contributed by atoms with Crippen LogP contribution in [-0.2, 0) is 6.54 Å². The van der Waals surface area contributed by atoms with Crippen LogP contribution in [0.1, 0.15) is 35.2 Å². The largest absolute Gasteiger partial charge is 0.490 e. The first-order chi connectivity index (χ1) is 11.8. The molecule has 0 saturated heterocycles. The van der Waals surface area contributed by atoms with E-state index in [0.29, 0.717) is 37.1 Å². The lowest BCUT2D eigenvalue weighted by molar-refractivity contribution is 0.0729. The van der Waals surface area contributed by atoms with Gasteiger partial charge >= 0.3 is 0 Å². The van der Waals surface area contributed by atoms with E-state index in [1.165, 1.54) is 0 Å². The highest BCUT2D eigenvalue weighted by Crippen LogP contribution is 2.33. The van der Waals surface area contributed by atoms with Crippen LogP contribution in [-0.4, -0.2) is 30.1 Å². The van der Waals surface area contributed by atoms with E-state index in [2.05, 4.69) is 12.1 Å². The maximum atomic E-state index is 13.0. The van der Waals surface area contributed by atoms with Crippen molar-refractivity contribution < 1.29 is 14.3 Å². The Labute approximate surface area is 142 Å². The summed E-state index contributed by atoms with van der Waals surface area (Å²) < 4.78 is 11.4. The van der Waals surface area contributed by atoms with Crippen molar-refractivity contribution in [1.82, 2.24) is 4.90 Å². The summed E-state index contributed by atoms with van der Waals surface area (Å²) in [4.78, 5) is 15.0. The molecule has 4 rings (SSSR count). The minimum atomic E-state index is 0.0667. The topological polar surface area (TPSA) is 38.8 Å². The molecule has 0 bridgehead atoms. The second-order valence-corrected chi connectivity index (χ2v) is 6.36. The van der Waals surface area contributed by atoms with Crippen LogP contribution in [0.4, 0.5) is 0 Å². The van der Waals surface area contributed by atoms with Crippen LogP contribution in [0.25, 0.3) is 0 Å². The van der Waals surface area contributed by atoms with Gasteiger partial charge in [-0.05, 0) is 36.6 Å². The van der Waals surface area contributed by atoms with Crippen LogP contribution >= 0.6 is 0 Å². The molecule has 2 aromatic rings. The molecule has 4 heteroatoms. The first kappa shape index (κ1) is 15.1. The van der Waals surface area contributed by atoms with Gasteiger partial charge in [-0.2, -0.15) is 0 Å². The van der Waals surface area contributed by atoms with Crippen molar-refractivity contribution in [3.63, 3.8) is 0 Å². The molecule has 0 spiro atoms. The summed E-state index contributed by atoms with van der Waals surface area (Å²) in [6.07, 6.45) is 3.03. The number of amides is 1. The molecule has 0 N–H and O–H groups in total. The summed E-state index contributed by atoms with van der Waals surface area (Å²) in [5, 5.41) is 0. The van der Waals surface area contributed by atoms with Crippen LogP contribution in [0.3, 0.4) is 0 Å². The smallest absolute Gasteiger partial charge is 0.254 e. The normalized spacial score (nSPS) is 16.3. The average molecular weight is 323 g/mol. The molecule has 1 fully saturated rings. The molecule has 0 aromatic heterocycles. The van der Waals surface area contributed by atoms with Crippen molar-refractivity contribution in [2.45, 2.75) is 31.8 Å². The highest BCUT2D eigenvalue weighted by atomic mass is 16.5. The van der Waals surface area contributed by atoms with Crippen molar-refractivity contribution in [2.24, 2.45) is 0 Å². The van der Waals surface area contributed by atoms with E-state index in [9.17, 15) is 4.79 Å². The SMILES string of the molecule is O=C(c1ccc2c(c1)OCCCO2)N(Cc1ccccc1)C1CC1. The van der Waals surface area contributed by atoms with Crippen molar-refractivity contribution in [2.75, 3.05) is 13.2 Å². The second kappa shape index (κ2) is 6.56. The molecule has 1 aliphatic carbocycles. The number of hydrogen-bond donors (Lipinski definition) is 0. The zero-order valence-corrected chi connectivity index (χ0v) is 13.6. The summed E-state index contributed by atoms with van der Waals surface area (Å²) in [6.45, 7) is 1.93. The molecule has 1 amide bonds. The maximum Gasteiger partial charge on any atom is 0.254 e. The Morgan fingerprint density at radius 2 is 1.75 bits per heavy atom. The molecule has 4 nitrogen and oxygen atoms in total. The Morgan fingerprint density at radius 3 is 2.50 bits per heavy atom. The van der Waals surface area contributed by atoms with E-state index >= 15 is 0 Å². The Kier molecular flexibility index (Phi) is 4.11. The molecular formula is C20H21NO3. The number of benzene rings is 2. The zero-order valence-electron chi connectivity index (χ0n) is 13.6. The minimum Gasteiger partial charge on any atom is -0.490 e. The molecule has 1 saturated carbocycles. The third-order valence-corrected chi connectivity index (χ3v) is 4.44.